The fourth-order valence-electron chi connectivity index (χ4n) is 4.16. The van der Waals surface area contributed by atoms with Crippen LogP contribution in [0.3, 0.4) is 0 Å². The lowest BCUT2D eigenvalue weighted by atomic mass is 9.97. The summed E-state index contributed by atoms with van der Waals surface area (Å²) in [5.74, 6) is -1.69. The molecule has 0 aliphatic carbocycles. The number of hydrogen-bond donors (Lipinski definition) is 1. The number of carboxylic acids is 1. The second-order valence-corrected chi connectivity index (χ2v) is 11.2. The number of carbonyl (C=O) groups is 2. The number of halogens is 1. The maximum atomic E-state index is 14.0. The Bertz CT molecular complexity index is 1670. The highest BCUT2D eigenvalue weighted by molar-refractivity contribution is 7.91. The molecule has 1 N–H and O–H groups in total. The number of carbonyl (C=O) groups excluding carboxylic acids is 1. The van der Waals surface area contributed by atoms with Gasteiger partial charge in [0.1, 0.15) is 5.82 Å². The van der Waals surface area contributed by atoms with E-state index in [0.717, 1.165) is 29.2 Å². The Morgan fingerprint density at radius 2 is 1.41 bits per heavy atom. The highest BCUT2D eigenvalue weighted by atomic mass is 32.2. The van der Waals surface area contributed by atoms with Crippen molar-refractivity contribution in [3.05, 3.63) is 130 Å². The molecule has 0 saturated heterocycles. The molecule has 0 fully saturated rings. The van der Waals surface area contributed by atoms with Gasteiger partial charge in [0.2, 0.25) is 9.84 Å². The molecule has 0 spiro atoms. The molecule has 0 unspecified atom stereocenters. The van der Waals surface area contributed by atoms with Crippen molar-refractivity contribution < 1.29 is 27.5 Å². The van der Waals surface area contributed by atoms with Crippen LogP contribution in [0.2, 0.25) is 0 Å². The van der Waals surface area contributed by atoms with E-state index in [1.54, 1.807) is 49.4 Å². The molecule has 39 heavy (non-hydrogen) atoms. The Kier molecular flexibility index (Phi) is 8.21. The summed E-state index contributed by atoms with van der Waals surface area (Å²) in [7, 11) is -3.74. The Balaban J connectivity index is 1.45. The summed E-state index contributed by atoms with van der Waals surface area (Å²) in [4.78, 5) is 23.1. The minimum atomic E-state index is -3.74. The molecule has 4 aromatic rings. The smallest absolute Gasteiger partial charge is 0.335 e. The summed E-state index contributed by atoms with van der Waals surface area (Å²) in [5, 5.41) is 9.10. The van der Waals surface area contributed by atoms with Crippen molar-refractivity contribution in [3.8, 4) is 0 Å². The zero-order chi connectivity index (χ0) is 28.2. The lowest BCUT2D eigenvalue weighted by Gasteiger charge is -2.09. The minimum absolute atomic E-state index is 0.0225. The van der Waals surface area contributed by atoms with Gasteiger partial charge < -0.3 is 5.11 Å². The van der Waals surface area contributed by atoms with Crippen LogP contribution in [-0.2, 0) is 22.7 Å². The van der Waals surface area contributed by atoms with Crippen molar-refractivity contribution in [1.29, 1.82) is 0 Å². The molecule has 0 saturated carbocycles. The van der Waals surface area contributed by atoms with E-state index in [1.807, 2.05) is 25.1 Å². The minimum Gasteiger partial charge on any atom is -0.478 e. The zero-order valence-electron chi connectivity index (χ0n) is 21.5. The van der Waals surface area contributed by atoms with E-state index in [9.17, 15) is 22.4 Å². The Labute approximate surface area is 227 Å². The van der Waals surface area contributed by atoms with Crippen LogP contribution in [0, 0.1) is 12.7 Å². The number of ketones is 1. The fourth-order valence-corrected chi connectivity index (χ4v) is 5.42. The lowest BCUT2D eigenvalue weighted by molar-refractivity contribution is 0.0696. The van der Waals surface area contributed by atoms with E-state index in [0.29, 0.717) is 17.5 Å². The van der Waals surface area contributed by atoms with Crippen molar-refractivity contribution in [2.75, 3.05) is 0 Å². The fraction of sp³-hybridized carbons (Fsp3) is 0.125. The van der Waals surface area contributed by atoms with Gasteiger partial charge in [-0.15, -0.1) is 0 Å². The zero-order valence-corrected chi connectivity index (χ0v) is 22.3. The molecule has 0 bridgehead atoms. The quantitative estimate of drug-likeness (QED) is 0.185. The first-order chi connectivity index (χ1) is 18.5. The molecule has 0 atom stereocenters. The maximum Gasteiger partial charge on any atom is 0.335 e. The molecule has 4 aromatic carbocycles. The first kappa shape index (κ1) is 27.7. The first-order valence-electron chi connectivity index (χ1n) is 12.3. The van der Waals surface area contributed by atoms with E-state index in [1.165, 1.54) is 30.3 Å². The molecule has 0 aliphatic heterocycles. The number of hydrogen-bond acceptors (Lipinski definition) is 4. The average Bonchev–Trinajstić information content (AvgIpc) is 2.92. The third-order valence-electron chi connectivity index (χ3n) is 6.56. The van der Waals surface area contributed by atoms with Crippen LogP contribution in [0.25, 0.3) is 12.2 Å². The normalized spacial score (nSPS) is 11.6. The van der Waals surface area contributed by atoms with Crippen LogP contribution in [0.15, 0.2) is 94.7 Å². The predicted molar refractivity (Wildman–Crippen MR) is 149 cm³/mol. The summed E-state index contributed by atoms with van der Waals surface area (Å²) in [5.41, 5.74) is 4.59. The van der Waals surface area contributed by atoms with Gasteiger partial charge in [0.15, 0.2) is 5.78 Å². The van der Waals surface area contributed by atoms with E-state index < -0.39 is 21.6 Å². The summed E-state index contributed by atoms with van der Waals surface area (Å²) in [6.07, 6.45) is 4.48. The van der Waals surface area contributed by atoms with E-state index >= 15 is 0 Å². The van der Waals surface area contributed by atoms with Gasteiger partial charge in [-0.3, -0.25) is 4.79 Å². The lowest BCUT2D eigenvalue weighted by Crippen LogP contribution is -2.03. The monoisotopic (exact) mass is 542 g/mol. The third kappa shape index (κ3) is 6.56. The molecule has 198 valence electrons. The van der Waals surface area contributed by atoms with Crippen LogP contribution in [0.5, 0.6) is 0 Å². The van der Waals surface area contributed by atoms with Crippen LogP contribution in [0.1, 0.15) is 55.5 Å². The van der Waals surface area contributed by atoms with Crippen molar-refractivity contribution in [2.24, 2.45) is 0 Å². The Hall–Kier alpha value is -4.36. The topological polar surface area (TPSA) is 88.5 Å². The highest BCUT2D eigenvalue weighted by Crippen LogP contribution is 2.23. The molecule has 0 aromatic heterocycles. The van der Waals surface area contributed by atoms with Gasteiger partial charge in [-0.2, -0.15) is 0 Å². The van der Waals surface area contributed by atoms with Gasteiger partial charge in [-0.1, -0.05) is 48.6 Å². The Morgan fingerprint density at radius 3 is 2.03 bits per heavy atom. The van der Waals surface area contributed by atoms with Gasteiger partial charge >= 0.3 is 5.97 Å². The standard InChI is InChI=1S/C32H27FO5S/c1-21-3-10-26(22(2)34)19-25(21)11-4-23-6-14-29(15-7-23)39(37,38)30-16-8-24(9-17-30)5-12-27-20-28(32(35)36)13-18-31(27)33/h3,5-10,12-20H,4,11H2,1-2H3,(H,35,36). The van der Waals surface area contributed by atoms with Gasteiger partial charge in [0.05, 0.1) is 15.4 Å². The average molecular weight is 543 g/mol. The van der Waals surface area contributed by atoms with Crippen LogP contribution in [0.4, 0.5) is 4.39 Å². The highest BCUT2D eigenvalue weighted by Gasteiger charge is 2.17. The molecule has 4 rings (SSSR count). The van der Waals surface area contributed by atoms with Crippen molar-refractivity contribution in [1.82, 2.24) is 0 Å². The molecule has 5 nitrogen and oxygen atoms in total. The van der Waals surface area contributed by atoms with Gasteiger partial charge in [-0.25, -0.2) is 17.6 Å². The molecular formula is C32H27FO5S. The van der Waals surface area contributed by atoms with Gasteiger partial charge in [0, 0.05) is 11.1 Å². The number of carboxylic acid groups (broad SMARTS) is 1. The van der Waals surface area contributed by atoms with E-state index in [4.69, 9.17) is 5.11 Å². The number of sulfone groups is 1. The number of benzene rings is 4. The van der Waals surface area contributed by atoms with Crippen LogP contribution < -0.4 is 0 Å². The van der Waals surface area contributed by atoms with Crippen molar-refractivity contribution in [3.63, 3.8) is 0 Å². The Morgan fingerprint density at radius 1 is 0.795 bits per heavy atom. The van der Waals surface area contributed by atoms with Crippen LogP contribution >= 0.6 is 0 Å². The SMILES string of the molecule is CC(=O)c1ccc(C)c(CCc2ccc(S(=O)(=O)c3ccc(C=Cc4cc(C(=O)O)ccc4F)cc3)cc2)c1. The number of Topliss-reactive ketones (excluding diaryl/α,β-unsaturated/α-hetero) is 1. The second-order valence-electron chi connectivity index (χ2n) is 9.29. The van der Waals surface area contributed by atoms with Crippen molar-refractivity contribution in [2.45, 2.75) is 36.5 Å². The van der Waals surface area contributed by atoms with Crippen LogP contribution in [-0.4, -0.2) is 25.3 Å². The van der Waals surface area contributed by atoms with Crippen molar-refractivity contribution >= 4 is 33.7 Å². The summed E-state index contributed by atoms with van der Waals surface area (Å²) in [6.45, 7) is 3.55. The number of rotatable bonds is 9. The maximum absolute atomic E-state index is 14.0. The molecular weight excluding hydrogens is 515 g/mol. The molecule has 0 aliphatic rings. The first-order valence-corrected chi connectivity index (χ1v) is 13.8. The van der Waals surface area contributed by atoms with E-state index in [-0.39, 0.29) is 26.7 Å². The second kappa shape index (κ2) is 11.6. The number of aryl methyl sites for hydroxylation is 3. The van der Waals surface area contributed by atoms with E-state index in [2.05, 4.69) is 0 Å². The molecule has 7 heteroatoms. The van der Waals surface area contributed by atoms with Gasteiger partial charge in [-0.05, 0) is 97.5 Å². The summed E-state index contributed by atoms with van der Waals surface area (Å²) in [6, 6.07) is 22.2. The summed E-state index contributed by atoms with van der Waals surface area (Å²) >= 11 is 0. The predicted octanol–water partition coefficient (Wildman–Crippen LogP) is 6.82. The molecule has 0 amide bonds. The largest absolute Gasteiger partial charge is 0.478 e. The molecule has 0 heterocycles. The number of aromatic carboxylic acids is 1. The molecule has 0 radical (unpaired) electrons. The summed E-state index contributed by atoms with van der Waals surface area (Å²) < 4.78 is 40.3. The third-order valence-corrected chi connectivity index (χ3v) is 8.35. The van der Waals surface area contributed by atoms with Gasteiger partial charge in [0.25, 0.3) is 0 Å².